The highest BCUT2D eigenvalue weighted by molar-refractivity contribution is 9.10. The summed E-state index contributed by atoms with van der Waals surface area (Å²) in [5.74, 6) is 0. The molecule has 0 amide bonds. The van der Waals surface area contributed by atoms with Crippen molar-refractivity contribution in [2.24, 2.45) is 5.73 Å². The van der Waals surface area contributed by atoms with Crippen molar-refractivity contribution in [1.29, 1.82) is 0 Å². The molecule has 1 aliphatic rings. The zero-order chi connectivity index (χ0) is 9.97. The maximum atomic E-state index is 5.82. The second-order valence-corrected chi connectivity index (χ2v) is 5.55. The van der Waals surface area contributed by atoms with Crippen molar-refractivity contribution >= 4 is 27.3 Å². The largest absolute Gasteiger partial charge is 0.373 e. The third-order valence-corrected chi connectivity index (χ3v) is 4.47. The predicted octanol–water partition coefficient (Wildman–Crippen LogP) is 2.91. The van der Waals surface area contributed by atoms with Crippen LogP contribution < -0.4 is 5.73 Å². The van der Waals surface area contributed by atoms with Crippen molar-refractivity contribution in [3.63, 3.8) is 0 Å². The van der Waals surface area contributed by atoms with Crippen LogP contribution >= 0.6 is 27.3 Å². The lowest BCUT2D eigenvalue weighted by Gasteiger charge is -2.10. The van der Waals surface area contributed by atoms with E-state index in [0.29, 0.717) is 12.1 Å². The molecule has 78 valence electrons. The Kier molecular flexibility index (Phi) is 3.60. The van der Waals surface area contributed by atoms with E-state index >= 15 is 0 Å². The van der Waals surface area contributed by atoms with Gasteiger partial charge in [0.25, 0.3) is 0 Å². The zero-order valence-corrected chi connectivity index (χ0v) is 10.3. The fraction of sp³-hybridized carbons (Fsp3) is 0.600. The minimum Gasteiger partial charge on any atom is -0.373 e. The lowest BCUT2D eigenvalue weighted by Crippen LogP contribution is -2.17. The lowest BCUT2D eigenvalue weighted by molar-refractivity contribution is 0.0462. The molecule has 1 aromatic rings. The molecular weight excluding hydrogens is 262 g/mol. The number of rotatable bonds is 3. The fourth-order valence-electron chi connectivity index (χ4n) is 1.75. The van der Waals surface area contributed by atoms with Gasteiger partial charge in [-0.25, -0.2) is 0 Å². The normalized spacial score (nSPS) is 27.0. The van der Waals surface area contributed by atoms with E-state index in [1.54, 1.807) is 11.3 Å². The second kappa shape index (κ2) is 4.75. The van der Waals surface area contributed by atoms with Gasteiger partial charge in [-0.3, -0.25) is 0 Å². The molecular formula is C10H14BrNOS. The Morgan fingerprint density at radius 2 is 2.43 bits per heavy atom. The summed E-state index contributed by atoms with van der Waals surface area (Å²) < 4.78 is 6.96. The summed E-state index contributed by atoms with van der Waals surface area (Å²) in [6.07, 6.45) is 3.61. The SMILES string of the molecule is NC1CCC(OCc2sccc2Br)C1. The van der Waals surface area contributed by atoms with E-state index in [4.69, 9.17) is 10.5 Å². The topological polar surface area (TPSA) is 35.2 Å². The summed E-state index contributed by atoms with van der Waals surface area (Å²) in [5.41, 5.74) is 5.82. The molecule has 2 N–H and O–H groups in total. The van der Waals surface area contributed by atoms with Crippen molar-refractivity contribution in [2.75, 3.05) is 0 Å². The number of hydrogen-bond acceptors (Lipinski definition) is 3. The van der Waals surface area contributed by atoms with Gasteiger partial charge in [0.2, 0.25) is 0 Å². The average molecular weight is 276 g/mol. The van der Waals surface area contributed by atoms with Gasteiger partial charge in [0.05, 0.1) is 12.7 Å². The van der Waals surface area contributed by atoms with Gasteiger partial charge in [-0.15, -0.1) is 11.3 Å². The highest BCUT2D eigenvalue weighted by Gasteiger charge is 2.22. The molecule has 1 aliphatic carbocycles. The summed E-state index contributed by atoms with van der Waals surface area (Å²) in [4.78, 5) is 1.27. The monoisotopic (exact) mass is 275 g/mol. The standard InChI is InChI=1S/C10H14BrNOS/c11-9-3-4-14-10(9)6-13-8-2-1-7(12)5-8/h3-4,7-8H,1-2,5-6,12H2. The van der Waals surface area contributed by atoms with Crippen LogP contribution in [0.1, 0.15) is 24.1 Å². The number of ether oxygens (including phenoxy) is 1. The van der Waals surface area contributed by atoms with Crippen molar-refractivity contribution in [3.8, 4) is 0 Å². The van der Waals surface area contributed by atoms with Gasteiger partial charge in [0, 0.05) is 15.4 Å². The minimum atomic E-state index is 0.353. The molecule has 1 heterocycles. The van der Waals surface area contributed by atoms with E-state index in [1.807, 2.05) is 0 Å². The van der Waals surface area contributed by atoms with Crippen LogP contribution in [0, 0.1) is 0 Å². The first-order chi connectivity index (χ1) is 6.75. The van der Waals surface area contributed by atoms with Gasteiger partial charge in [-0.2, -0.15) is 0 Å². The van der Waals surface area contributed by atoms with Crippen molar-refractivity contribution in [3.05, 3.63) is 20.8 Å². The number of nitrogens with two attached hydrogens (primary N) is 1. The minimum absolute atomic E-state index is 0.353. The molecule has 2 unspecified atom stereocenters. The van der Waals surface area contributed by atoms with Crippen LogP contribution in [-0.4, -0.2) is 12.1 Å². The van der Waals surface area contributed by atoms with Gasteiger partial charge in [-0.1, -0.05) is 0 Å². The maximum Gasteiger partial charge on any atom is 0.0824 e. The number of halogens is 1. The van der Waals surface area contributed by atoms with Crippen LogP contribution in [-0.2, 0) is 11.3 Å². The molecule has 1 fully saturated rings. The van der Waals surface area contributed by atoms with Crippen LogP contribution in [0.25, 0.3) is 0 Å². The lowest BCUT2D eigenvalue weighted by atomic mass is 10.3. The molecule has 2 atom stereocenters. The van der Waals surface area contributed by atoms with E-state index in [9.17, 15) is 0 Å². The van der Waals surface area contributed by atoms with Gasteiger partial charge >= 0.3 is 0 Å². The third kappa shape index (κ3) is 2.57. The molecule has 0 spiro atoms. The van der Waals surface area contributed by atoms with Crippen molar-refractivity contribution < 1.29 is 4.74 Å². The first-order valence-electron chi connectivity index (χ1n) is 4.85. The first-order valence-corrected chi connectivity index (χ1v) is 6.52. The van der Waals surface area contributed by atoms with Crippen LogP contribution in [0.4, 0.5) is 0 Å². The molecule has 14 heavy (non-hydrogen) atoms. The summed E-state index contributed by atoms with van der Waals surface area (Å²) in [6.45, 7) is 0.718. The van der Waals surface area contributed by atoms with E-state index in [-0.39, 0.29) is 0 Å². The van der Waals surface area contributed by atoms with Crippen LogP contribution in [0.2, 0.25) is 0 Å². The van der Waals surface area contributed by atoms with Gasteiger partial charge in [0.15, 0.2) is 0 Å². The molecule has 2 nitrogen and oxygen atoms in total. The molecule has 1 saturated carbocycles. The highest BCUT2D eigenvalue weighted by Crippen LogP contribution is 2.26. The molecule has 2 rings (SSSR count). The maximum absolute atomic E-state index is 5.82. The number of thiophene rings is 1. The van der Waals surface area contributed by atoms with Gasteiger partial charge in [-0.05, 0) is 46.6 Å². The highest BCUT2D eigenvalue weighted by atomic mass is 79.9. The first kappa shape index (κ1) is 10.6. The van der Waals surface area contributed by atoms with Crippen molar-refractivity contribution in [1.82, 2.24) is 0 Å². The summed E-state index contributed by atoms with van der Waals surface area (Å²) >= 11 is 5.22. The molecule has 0 aromatic carbocycles. The molecule has 0 saturated heterocycles. The summed E-state index contributed by atoms with van der Waals surface area (Å²) in [5, 5.41) is 2.07. The van der Waals surface area contributed by atoms with Crippen molar-refractivity contribution in [2.45, 2.75) is 38.0 Å². The van der Waals surface area contributed by atoms with E-state index < -0.39 is 0 Å². The average Bonchev–Trinajstić information content (AvgIpc) is 2.72. The summed E-state index contributed by atoms with van der Waals surface area (Å²) in [6, 6.07) is 2.41. The molecule has 0 aliphatic heterocycles. The Bertz CT molecular complexity index is 302. The van der Waals surface area contributed by atoms with Crippen LogP contribution in [0.5, 0.6) is 0 Å². The fourth-order valence-corrected chi connectivity index (χ4v) is 3.13. The second-order valence-electron chi connectivity index (χ2n) is 3.70. The number of hydrogen-bond donors (Lipinski definition) is 1. The Hall–Kier alpha value is 0.100. The zero-order valence-electron chi connectivity index (χ0n) is 7.91. The van der Waals surface area contributed by atoms with Crippen LogP contribution in [0.15, 0.2) is 15.9 Å². The Balaban J connectivity index is 1.80. The molecule has 4 heteroatoms. The Morgan fingerprint density at radius 3 is 3.00 bits per heavy atom. The van der Waals surface area contributed by atoms with E-state index in [0.717, 1.165) is 30.3 Å². The smallest absolute Gasteiger partial charge is 0.0824 e. The van der Waals surface area contributed by atoms with E-state index in [1.165, 1.54) is 4.88 Å². The Labute approximate surface area is 96.6 Å². The molecule has 1 aromatic heterocycles. The molecule has 0 radical (unpaired) electrons. The molecule has 0 bridgehead atoms. The third-order valence-electron chi connectivity index (χ3n) is 2.57. The predicted molar refractivity (Wildman–Crippen MR) is 62.4 cm³/mol. The Morgan fingerprint density at radius 1 is 1.57 bits per heavy atom. The van der Waals surface area contributed by atoms with Gasteiger partial charge in [0.1, 0.15) is 0 Å². The quantitative estimate of drug-likeness (QED) is 0.921. The summed E-state index contributed by atoms with van der Waals surface area (Å²) in [7, 11) is 0. The van der Waals surface area contributed by atoms with E-state index in [2.05, 4.69) is 27.4 Å². The van der Waals surface area contributed by atoms with Crippen LogP contribution in [0.3, 0.4) is 0 Å². The van der Waals surface area contributed by atoms with Gasteiger partial charge < -0.3 is 10.5 Å².